The number of carbonyl (C=O) groups excluding carboxylic acids is 2. The molecule has 1 heterocycles. The molecule has 0 aliphatic carbocycles. The van der Waals surface area contributed by atoms with E-state index in [1.165, 1.54) is 6.42 Å². The summed E-state index contributed by atoms with van der Waals surface area (Å²) >= 11 is 0. The lowest BCUT2D eigenvalue weighted by Crippen LogP contribution is -2.51. The summed E-state index contributed by atoms with van der Waals surface area (Å²) in [7, 11) is 0. The van der Waals surface area contributed by atoms with Gasteiger partial charge in [0.05, 0.1) is 12.6 Å². The van der Waals surface area contributed by atoms with E-state index < -0.39 is 6.04 Å². The topological polar surface area (TPSA) is 75.4 Å². The van der Waals surface area contributed by atoms with Crippen LogP contribution in [-0.4, -0.2) is 41.9 Å². The first-order valence-electron chi connectivity index (χ1n) is 7.80. The Morgan fingerprint density at radius 1 is 1.35 bits per heavy atom. The first kappa shape index (κ1) is 17.0. The van der Waals surface area contributed by atoms with Crippen LogP contribution in [0.3, 0.4) is 0 Å². The largest absolute Gasteiger partial charge is 0.346 e. The molecule has 0 saturated carbocycles. The van der Waals surface area contributed by atoms with Gasteiger partial charge in [-0.3, -0.25) is 9.59 Å². The Hall–Kier alpha value is -1.10. The molecule has 2 atom stereocenters. The summed E-state index contributed by atoms with van der Waals surface area (Å²) < 4.78 is 0. The lowest BCUT2D eigenvalue weighted by Gasteiger charge is -2.36. The summed E-state index contributed by atoms with van der Waals surface area (Å²) in [6.07, 6.45) is 5.47. The minimum absolute atomic E-state index is 0.0208. The highest BCUT2D eigenvalue weighted by Gasteiger charge is 2.26. The first-order valence-corrected chi connectivity index (χ1v) is 7.80. The quantitative estimate of drug-likeness (QED) is 0.770. The molecule has 2 amide bonds. The van der Waals surface area contributed by atoms with Crippen LogP contribution in [0.25, 0.3) is 0 Å². The highest BCUT2D eigenvalue weighted by molar-refractivity contribution is 5.87. The molecule has 0 radical (unpaired) electrons. The van der Waals surface area contributed by atoms with Crippen LogP contribution in [0, 0.1) is 5.92 Å². The van der Waals surface area contributed by atoms with Crippen molar-refractivity contribution in [2.24, 2.45) is 11.7 Å². The van der Waals surface area contributed by atoms with Crippen LogP contribution in [0.5, 0.6) is 0 Å². The van der Waals surface area contributed by atoms with Gasteiger partial charge in [0.25, 0.3) is 0 Å². The number of amides is 2. The van der Waals surface area contributed by atoms with Gasteiger partial charge in [-0.05, 0) is 31.6 Å². The monoisotopic (exact) mass is 283 g/mol. The number of nitrogens with one attached hydrogen (secondary N) is 1. The van der Waals surface area contributed by atoms with Gasteiger partial charge in [0.1, 0.15) is 0 Å². The van der Waals surface area contributed by atoms with Crippen molar-refractivity contribution >= 4 is 11.8 Å². The standard InChI is InChI=1S/C15H29N3O2/c1-4-7-12-8-5-6-9-18(12)13(19)10-17-15(20)14(16)11(2)3/h11-12,14H,4-10,16H2,1-3H3,(H,17,20)/t12?,14-/m0/s1. The second kappa shape index (κ2) is 8.25. The number of likely N-dealkylation sites (tertiary alicyclic amines) is 1. The van der Waals surface area contributed by atoms with Crippen LogP contribution >= 0.6 is 0 Å². The van der Waals surface area contributed by atoms with Gasteiger partial charge in [-0.25, -0.2) is 0 Å². The number of rotatable bonds is 6. The first-order chi connectivity index (χ1) is 9.47. The lowest BCUT2D eigenvalue weighted by atomic mass is 9.98. The molecule has 5 heteroatoms. The van der Waals surface area contributed by atoms with E-state index in [2.05, 4.69) is 12.2 Å². The predicted molar refractivity (Wildman–Crippen MR) is 80.1 cm³/mol. The van der Waals surface area contributed by atoms with Gasteiger partial charge in [0.2, 0.25) is 11.8 Å². The maximum atomic E-state index is 12.3. The predicted octanol–water partition coefficient (Wildman–Crippen LogP) is 1.27. The van der Waals surface area contributed by atoms with Gasteiger partial charge in [-0.2, -0.15) is 0 Å². The summed E-state index contributed by atoms with van der Waals surface area (Å²) in [6, 6.07) is -0.201. The molecular formula is C15H29N3O2. The fourth-order valence-electron chi connectivity index (χ4n) is 2.65. The number of nitrogens with two attached hydrogens (primary N) is 1. The van der Waals surface area contributed by atoms with E-state index in [0.717, 1.165) is 32.2 Å². The van der Waals surface area contributed by atoms with Gasteiger partial charge >= 0.3 is 0 Å². The Labute approximate surface area is 122 Å². The molecule has 1 rings (SSSR count). The van der Waals surface area contributed by atoms with Crippen molar-refractivity contribution in [3.05, 3.63) is 0 Å². The molecule has 116 valence electrons. The maximum absolute atomic E-state index is 12.3. The molecule has 20 heavy (non-hydrogen) atoms. The molecule has 1 saturated heterocycles. The van der Waals surface area contributed by atoms with E-state index in [4.69, 9.17) is 5.73 Å². The zero-order valence-corrected chi connectivity index (χ0v) is 13.0. The maximum Gasteiger partial charge on any atom is 0.242 e. The van der Waals surface area contributed by atoms with Gasteiger partial charge < -0.3 is 16.0 Å². The van der Waals surface area contributed by atoms with Crippen molar-refractivity contribution in [1.29, 1.82) is 0 Å². The average molecular weight is 283 g/mol. The smallest absolute Gasteiger partial charge is 0.242 e. The lowest BCUT2D eigenvalue weighted by molar-refractivity contribution is -0.136. The van der Waals surface area contributed by atoms with Crippen LogP contribution in [0.2, 0.25) is 0 Å². The SMILES string of the molecule is CCCC1CCCCN1C(=O)CNC(=O)[C@@H](N)C(C)C. The van der Waals surface area contributed by atoms with Gasteiger partial charge in [0, 0.05) is 12.6 Å². The van der Waals surface area contributed by atoms with Gasteiger partial charge in [-0.1, -0.05) is 27.2 Å². The van der Waals surface area contributed by atoms with Crippen LogP contribution in [-0.2, 0) is 9.59 Å². The molecule has 0 spiro atoms. The van der Waals surface area contributed by atoms with E-state index in [9.17, 15) is 9.59 Å². The number of piperidine rings is 1. The zero-order valence-electron chi connectivity index (χ0n) is 13.0. The summed E-state index contributed by atoms with van der Waals surface area (Å²) in [5.74, 6) is -0.141. The van der Waals surface area contributed by atoms with Crippen molar-refractivity contribution in [2.75, 3.05) is 13.1 Å². The summed E-state index contributed by atoms with van der Waals surface area (Å²) in [4.78, 5) is 26.0. The van der Waals surface area contributed by atoms with E-state index >= 15 is 0 Å². The van der Waals surface area contributed by atoms with Crippen LogP contribution in [0.4, 0.5) is 0 Å². The minimum atomic E-state index is -0.546. The van der Waals surface area contributed by atoms with Crippen molar-refractivity contribution in [3.63, 3.8) is 0 Å². The van der Waals surface area contributed by atoms with Gasteiger partial charge in [0.15, 0.2) is 0 Å². The molecule has 3 N–H and O–H groups in total. The molecular weight excluding hydrogens is 254 g/mol. The highest BCUT2D eigenvalue weighted by Crippen LogP contribution is 2.20. The van der Waals surface area contributed by atoms with E-state index in [0.29, 0.717) is 6.04 Å². The molecule has 0 aromatic rings. The summed E-state index contributed by atoms with van der Waals surface area (Å²) in [5.41, 5.74) is 5.76. The van der Waals surface area contributed by atoms with Crippen molar-refractivity contribution in [1.82, 2.24) is 10.2 Å². The van der Waals surface area contributed by atoms with E-state index in [1.54, 1.807) is 0 Å². The van der Waals surface area contributed by atoms with Crippen molar-refractivity contribution in [3.8, 4) is 0 Å². The third kappa shape index (κ3) is 4.78. The number of hydrogen-bond acceptors (Lipinski definition) is 3. The number of carbonyl (C=O) groups is 2. The molecule has 5 nitrogen and oxygen atoms in total. The summed E-state index contributed by atoms with van der Waals surface area (Å²) in [5, 5.41) is 2.67. The Kier molecular flexibility index (Phi) is 6.99. The Morgan fingerprint density at radius 3 is 2.65 bits per heavy atom. The number of nitrogens with zero attached hydrogens (tertiary/aromatic N) is 1. The normalized spacial score (nSPS) is 20.9. The minimum Gasteiger partial charge on any atom is -0.346 e. The second-order valence-corrected chi connectivity index (χ2v) is 6.01. The third-order valence-electron chi connectivity index (χ3n) is 4.00. The Morgan fingerprint density at radius 2 is 2.05 bits per heavy atom. The third-order valence-corrected chi connectivity index (χ3v) is 4.00. The van der Waals surface area contributed by atoms with Crippen molar-refractivity contribution in [2.45, 2.75) is 65.0 Å². The summed E-state index contributed by atoms with van der Waals surface area (Å²) in [6.45, 7) is 6.82. The second-order valence-electron chi connectivity index (χ2n) is 6.01. The molecule has 1 aliphatic rings. The van der Waals surface area contributed by atoms with E-state index in [-0.39, 0.29) is 24.3 Å². The molecule has 0 bridgehead atoms. The van der Waals surface area contributed by atoms with E-state index in [1.807, 2.05) is 18.7 Å². The average Bonchev–Trinajstić information content (AvgIpc) is 2.44. The fourth-order valence-corrected chi connectivity index (χ4v) is 2.65. The van der Waals surface area contributed by atoms with Crippen LogP contribution in [0.15, 0.2) is 0 Å². The molecule has 1 fully saturated rings. The van der Waals surface area contributed by atoms with Crippen LogP contribution in [0.1, 0.15) is 52.9 Å². The highest BCUT2D eigenvalue weighted by atomic mass is 16.2. The fraction of sp³-hybridized carbons (Fsp3) is 0.867. The van der Waals surface area contributed by atoms with Crippen LogP contribution < -0.4 is 11.1 Å². The number of hydrogen-bond donors (Lipinski definition) is 2. The molecule has 0 aromatic carbocycles. The molecule has 1 unspecified atom stereocenters. The molecule has 1 aliphatic heterocycles. The zero-order chi connectivity index (χ0) is 15.1. The Bertz CT molecular complexity index is 329. The van der Waals surface area contributed by atoms with Gasteiger partial charge in [-0.15, -0.1) is 0 Å². The Balaban J connectivity index is 2.46. The van der Waals surface area contributed by atoms with Crippen molar-refractivity contribution < 1.29 is 9.59 Å². The molecule has 0 aromatic heterocycles.